The van der Waals surface area contributed by atoms with E-state index in [9.17, 15) is 9.59 Å². The Morgan fingerprint density at radius 1 is 1.23 bits per heavy atom. The Hall–Kier alpha value is -3.03. The van der Waals surface area contributed by atoms with Gasteiger partial charge in [-0.15, -0.1) is 0 Å². The summed E-state index contributed by atoms with van der Waals surface area (Å²) in [4.78, 5) is 31.4. The molecule has 3 aromatic rings. The van der Waals surface area contributed by atoms with E-state index in [1.54, 1.807) is 30.5 Å². The molecule has 2 amide bonds. The molecule has 0 spiro atoms. The summed E-state index contributed by atoms with van der Waals surface area (Å²) >= 11 is 12.0. The molecular weight excluding hydrogens is 439 g/mol. The Balaban J connectivity index is 1.51. The highest BCUT2D eigenvalue weighted by Gasteiger charge is 2.34. The third kappa shape index (κ3) is 4.24. The van der Waals surface area contributed by atoms with Crippen LogP contribution in [-0.4, -0.2) is 41.1 Å². The number of hydrogen-bond acceptors (Lipinski definition) is 4. The van der Waals surface area contributed by atoms with E-state index in [2.05, 4.69) is 10.3 Å². The monoisotopic (exact) mass is 458 g/mol. The topological polar surface area (TPSA) is 76.5 Å². The minimum absolute atomic E-state index is 0.188. The van der Waals surface area contributed by atoms with Gasteiger partial charge in [-0.3, -0.25) is 9.59 Å². The molecule has 2 heterocycles. The van der Waals surface area contributed by atoms with Crippen LogP contribution in [0.1, 0.15) is 22.5 Å². The fourth-order valence-corrected chi connectivity index (χ4v) is 4.07. The molecule has 1 fully saturated rings. The molecule has 0 bridgehead atoms. The van der Waals surface area contributed by atoms with Gasteiger partial charge in [-0.25, -0.2) is 4.98 Å². The first kappa shape index (κ1) is 21.2. The summed E-state index contributed by atoms with van der Waals surface area (Å²) in [5, 5.41) is 3.45. The standard InChI is InChI=1S/C22H20Cl2N4O3/c1-13-11-27(12-25-13)19-6-4-15(10-20(19)31-2)28-8-7-18(22(28)30)26-21(29)16-5-3-14(23)9-17(16)24/h3-6,9-12,18H,7-8H2,1-2H3,(H,26,29). The zero-order valence-electron chi connectivity index (χ0n) is 16.9. The van der Waals surface area contributed by atoms with Crippen molar-refractivity contribution in [2.75, 3.05) is 18.6 Å². The van der Waals surface area contributed by atoms with E-state index in [-0.39, 0.29) is 16.5 Å². The number of amides is 2. The van der Waals surface area contributed by atoms with Gasteiger partial charge in [0.2, 0.25) is 5.91 Å². The van der Waals surface area contributed by atoms with Gasteiger partial charge in [0.05, 0.1) is 35.4 Å². The van der Waals surface area contributed by atoms with Crippen molar-refractivity contribution < 1.29 is 14.3 Å². The van der Waals surface area contributed by atoms with Crippen LogP contribution in [0, 0.1) is 6.92 Å². The van der Waals surface area contributed by atoms with E-state index in [0.717, 1.165) is 11.4 Å². The molecule has 0 aliphatic carbocycles. The van der Waals surface area contributed by atoms with E-state index >= 15 is 0 Å². The van der Waals surface area contributed by atoms with Crippen LogP contribution >= 0.6 is 23.2 Å². The molecule has 1 aliphatic heterocycles. The molecule has 7 nitrogen and oxygen atoms in total. The number of nitrogens with zero attached hydrogens (tertiary/aromatic N) is 3. The normalized spacial score (nSPS) is 15.9. The number of halogens is 2. The van der Waals surface area contributed by atoms with Crippen LogP contribution in [-0.2, 0) is 4.79 Å². The number of anilines is 1. The van der Waals surface area contributed by atoms with Gasteiger partial charge in [-0.1, -0.05) is 23.2 Å². The van der Waals surface area contributed by atoms with Gasteiger partial charge >= 0.3 is 0 Å². The summed E-state index contributed by atoms with van der Waals surface area (Å²) in [5.41, 5.74) is 2.68. The number of imidazole rings is 1. The number of rotatable bonds is 5. The van der Waals surface area contributed by atoms with Gasteiger partial charge in [-0.05, 0) is 43.7 Å². The molecule has 31 heavy (non-hydrogen) atoms. The summed E-state index contributed by atoms with van der Waals surface area (Å²) in [6, 6.07) is 9.52. The maximum Gasteiger partial charge on any atom is 0.253 e. The average Bonchev–Trinajstić information content (AvgIpc) is 3.33. The number of aryl methyl sites for hydroxylation is 1. The number of carbonyl (C=O) groups is 2. The zero-order chi connectivity index (χ0) is 22.1. The Morgan fingerprint density at radius 2 is 2.03 bits per heavy atom. The van der Waals surface area contributed by atoms with Crippen LogP contribution in [0.3, 0.4) is 0 Å². The van der Waals surface area contributed by atoms with Gasteiger partial charge in [0, 0.05) is 29.5 Å². The second kappa shape index (κ2) is 8.61. The summed E-state index contributed by atoms with van der Waals surface area (Å²) in [6.07, 6.45) is 4.09. The molecule has 0 saturated carbocycles. The SMILES string of the molecule is COc1cc(N2CCC(NC(=O)c3ccc(Cl)cc3Cl)C2=O)ccc1-n1cnc(C)c1. The highest BCUT2D eigenvalue weighted by atomic mass is 35.5. The van der Waals surface area contributed by atoms with Crippen molar-refractivity contribution in [3.05, 3.63) is 70.2 Å². The van der Waals surface area contributed by atoms with E-state index in [1.165, 1.54) is 6.07 Å². The lowest BCUT2D eigenvalue weighted by Crippen LogP contribution is -2.41. The largest absolute Gasteiger partial charge is 0.494 e. The molecule has 160 valence electrons. The van der Waals surface area contributed by atoms with Crippen molar-refractivity contribution in [3.63, 3.8) is 0 Å². The molecule has 1 saturated heterocycles. The van der Waals surface area contributed by atoms with Crippen molar-refractivity contribution in [1.82, 2.24) is 14.9 Å². The molecule has 1 unspecified atom stereocenters. The Morgan fingerprint density at radius 3 is 2.71 bits per heavy atom. The van der Waals surface area contributed by atoms with Gasteiger partial charge in [0.25, 0.3) is 5.91 Å². The molecule has 1 aliphatic rings. The van der Waals surface area contributed by atoms with Gasteiger partial charge < -0.3 is 19.5 Å². The van der Waals surface area contributed by atoms with E-state index < -0.39 is 11.9 Å². The summed E-state index contributed by atoms with van der Waals surface area (Å²) in [5.74, 6) is 0.0140. The number of hydrogen-bond donors (Lipinski definition) is 1. The molecule has 1 N–H and O–H groups in total. The van der Waals surface area contributed by atoms with Crippen LogP contribution in [0.2, 0.25) is 10.0 Å². The third-order valence-corrected chi connectivity index (χ3v) is 5.70. The summed E-state index contributed by atoms with van der Waals surface area (Å²) in [6.45, 7) is 2.39. The fraction of sp³-hybridized carbons (Fsp3) is 0.227. The van der Waals surface area contributed by atoms with Crippen LogP contribution in [0.5, 0.6) is 5.75 Å². The van der Waals surface area contributed by atoms with Crippen molar-refractivity contribution in [3.8, 4) is 11.4 Å². The van der Waals surface area contributed by atoms with Crippen molar-refractivity contribution >= 4 is 40.7 Å². The molecule has 4 rings (SSSR count). The number of methoxy groups -OCH3 is 1. The highest BCUT2D eigenvalue weighted by molar-refractivity contribution is 6.36. The summed E-state index contributed by atoms with van der Waals surface area (Å²) in [7, 11) is 1.58. The first-order valence-electron chi connectivity index (χ1n) is 9.63. The Labute approximate surface area is 189 Å². The molecular formula is C22H20Cl2N4O3. The maximum atomic E-state index is 13.0. The quantitative estimate of drug-likeness (QED) is 0.625. The second-order valence-corrected chi connectivity index (χ2v) is 8.05. The van der Waals surface area contributed by atoms with Gasteiger partial charge in [0.15, 0.2) is 0 Å². The molecule has 0 radical (unpaired) electrons. The number of ether oxygens (including phenoxy) is 1. The number of carbonyl (C=O) groups excluding carboxylic acids is 2. The average molecular weight is 459 g/mol. The van der Waals surface area contributed by atoms with Crippen molar-refractivity contribution in [1.29, 1.82) is 0 Å². The fourth-order valence-electron chi connectivity index (χ4n) is 3.58. The van der Waals surface area contributed by atoms with Crippen molar-refractivity contribution in [2.45, 2.75) is 19.4 Å². The number of aromatic nitrogens is 2. The first-order valence-corrected chi connectivity index (χ1v) is 10.4. The Kier molecular flexibility index (Phi) is 5.89. The molecule has 2 aromatic carbocycles. The maximum absolute atomic E-state index is 13.0. The number of nitrogens with one attached hydrogen (secondary N) is 1. The third-order valence-electron chi connectivity index (χ3n) is 5.15. The second-order valence-electron chi connectivity index (χ2n) is 7.21. The van der Waals surface area contributed by atoms with Gasteiger partial charge in [-0.2, -0.15) is 0 Å². The van der Waals surface area contributed by atoms with Crippen LogP contribution < -0.4 is 15.0 Å². The number of benzene rings is 2. The predicted molar refractivity (Wildman–Crippen MR) is 120 cm³/mol. The van der Waals surface area contributed by atoms with Crippen LogP contribution in [0.4, 0.5) is 5.69 Å². The van der Waals surface area contributed by atoms with E-state index in [1.807, 2.05) is 35.9 Å². The molecule has 1 aromatic heterocycles. The minimum atomic E-state index is -0.638. The minimum Gasteiger partial charge on any atom is -0.494 e. The van der Waals surface area contributed by atoms with E-state index in [0.29, 0.717) is 29.4 Å². The highest BCUT2D eigenvalue weighted by Crippen LogP contribution is 2.31. The lowest BCUT2D eigenvalue weighted by molar-refractivity contribution is -0.118. The van der Waals surface area contributed by atoms with Crippen LogP contribution in [0.15, 0.2) is 48.9 Å². The van der Waals surface area contributed by atoms with Crippen LogP contribution in [0.25, 0.3) is 5.69 Å². The molecule has 9 heteroatoms. The smallest absolute Gasteiger partial charge is 0.253 e. The molecule has 1 atom stereocenters. The zero-order valence-corrected chi connectivity index (χ0v) is 18.4. The summed E-state index contributed by atoms with van der Waals surface area (Å²) < 4.78 is 7.40. The first-order chi connectivity index (χ1) is 14.9. The van der Waals surface area contributed by atoms with E-state index in [4.69, 9.17) is 27.9 Å². The lowest BCUT2D eigenvalue weighted by Gasteiger charge is -2.19. The predicted octanol–water partition coefficient (Wildman–Crippen LogP) is 4.03. The Bertz CT molecular complexity index is 1160. The van der Waals surface area contributed by atoms with Crippen molar-refractivity contribution in [2.24, 2.45) is 0 Å². The van der Waals surface area contributed by atoms with Gasteiger partial charge in [0.1, 0.15) is 11.8 Å². The lowest BCUT2D eigenvalue weighted by atomic mass is 10.2.